The zero-order valence-electron chi connectivity index (χ0n) is 15.3. The molecule has 1 aliphatic rings. The van der Waals surface area contributed by atoms with E-state index in [1.807, 2.05) is 0 Å². The van der Waals surface area contributed by atoms with E-state index in [2.05, 4.69) is 48.3 Å². The van der Waals surface area contributed by atoms with Crippen LogP contribution in [-0.2, 0) is 17.8 Å². The van der Waals surface area contributed by atoms with Gasteiger partial charge in [0.2, 0.25) is 0 Å². The van der Waals surface area contributed by atoms with Crippen LogP contribution in [0.5, 0.6) is 5.75 Å². The summed E-state index contributed by atoms with van der Waals surface area (Å²) in [5.74, 6) is 0.516. The molecule has 0 unspecified atom stereocenters. The van der Waals surface area contributed by atoms with Gasteiger partial charge in [-0.1, -0.05) is 35.9 Å². The Hall–Kier alpha value is -2.04. The maximum atomic E-state index is 12.1. The van der Waals surface area contributed by atoms with Crippen LogP contribution in [-0.4, -0.2) is 36.0 Å². The number of ether oxygens (including phenoxy) is 1. The van der Waals surface area contributed by atoms with E-state index in [4.69, 9.17) is 16.3 Å². The summed E-state index contributed by atoms with van der Waals surface area (Å²) in [6.45, 7) is 6.84. The third-order valence-electron chi connectivity index (χ3n) is 4.89. The van der Waals surface area contributed by atoms with E-state index in [1.54, 1.807) is 24.3 Å². The first-order valence-corrected chi connectivity index (χ1v) is 9.29. The maximum Gasteiger partial charge on any atom is 0.258 e. The molecule has 1 N–H and O–H groups in total. The predicted molar refractivity (Wildman–Crippen MR) is 105 cm³/mol. The molecule has 26 heavy (non-hydrogen) atoms. The molecular formula is C21H25ClN2O2. The number of hydrogen-bond donors (Lipinski definition) is 1. The van der Waals surface area contributed by atoms with Crippen LogP contribution in [0, 0.1) is 0 Å². The molecule has 0 fully saturated rings. The molecule has 1 heterocycles. The van der Waals surface area contributed by atoms with Crippen molar-refractivity contribution in [2.45, 2.75) is 32.4 Å². The third-order valence-corrected chi connectivity index (χ3v) is 5.14. The minimum Gasteiger partial charge on any atom is -0.484 e. The van der Waals surface area contributed by atoms with Gasteiger partial charge in [-0.25, -0.2) is 0 Å². The van der Waals surface area contributed by atoms with E-state index >= 15 is 0 Å². The van der Waals surface area contributed by atoms with Gasteiger partial charge in [-0.3, -0.25) is 9.69 Å². The second-order valence-electron chi connectivity index (χ2n) is 7.27. The highest BCUT2D eigenvalue weighted by atomic mass is 35.5. The molecule has 2 aromatic carbocycles. The van der Waals surface area contributed by atoms with Gasteiger partial charge in [0.25, 0.3) is 5.91 Å². The first-order chi connectivity index (χ1) is 12.4. The van der Waals surface area contributed by atoms with Crippen LogP contribution in [0.2, 0.25) is 5.02 Å². The number of nitrogens with zero attached hydrogens (tertiary/aromatic N) is 1. The third kappa shape index (κ3) is 4.77. The van der Waals surface area contributed by atoms with Gasteiger partial charge < -0.3 is 10.1 Å². The van der Waals surface area contributed by atoms with Crippen LogP contribution in [0.1, 0.15) is 25.0 Å². The number of carbonyl (C=O) groups excluding carboxylic acids is 1. The maximum absolute atomic E-state index is 12.1. The lowest BCUT2D eigenvalue weighted by molar-refractivity contribution is -0.123. The second kappa shape index (κ2) is 8.11. The van der Waals surface area contributed by atoms with Crippen molar-refractivity contribution in [3.8, 4) is 5.75 Å². The van der Waals surface area contributed by atoms with Gasteiger partial charge in [-0.15, -0.1) is 0 Å². The van der Waals surface area contributed by atoms with Crippen molar-refractivity contribution in [2.75, 3.05) is 19.7 Å². The van der Waals surface area contributed by atoms with Crippen LogP contribution in [0.25, 0.3) is 0 Å². The van der Waals surface area contributed by atoms with Gasteiger partial charge >= 0.3 is 0 Å². The first-order valence-electron chi connectivity index (χ1n) is 8.91. The lowest BCUT2D eigenvalue weighted by atomic mass is 9.94. The molecule has 0 aromatic heterocycles. The Morgan fingerprint density at radius 1 is 1.15 bits per heavy atom. The largest absolute Gasteiger partial charge is 0.484 e. The van der Waals surface area contributed by atoms with Crippen molar-refractivity contribution in [3.63, 3.8) is 0 Å². The van der Waals surface area contributed by atoms with E-state index in [0.29, 0.717) is 17.3 Å². The first kappa shape index (κ1) is 18.7. The fourth-order valence-corrected chi connectivity index (χ4v) is 3.30. The minimum absolute atomic E-state index is 0.000541. The number of nitrogens with one attached hydrogen (secondary N) is 1. The van der Waals surface area contributed by atoms with Gasteiger partial charge in [-0.2, -0.15) is 0 Å². The van der Waals surface area contributed by atoms with Crippen LogP contribution in [0.3, 0.4) is 0 Å². The molecule has 0 atom stereocenters. The number of fused-ring (bicyclic) bond motifs is 1. The van der Waals surface area contributed by atoms with E-state index in [0.717, 1.165) is 19.5 Å². The summed E-state index contributed by atoms with van der Waals surface area (Å²) >= 11 is 5.84. The van der Waals surface area contributed by atoms with Gasteiger partial charge in [-0.05, 0) is 55.7 Å². The zero-order valence-corrected chi connectivity index (χ0v) is 16.1. The number of amides is 1. The summed E-state index contributed by atoms with van der Waals surface area (Å²) in [5.41, 5.74) is 2.69. The Kier molecular flexibility index (Phi) is 5.84. The standard InChI is InChI=1S/C21H25ClN2O2/c1-21(2,24-12-11-16-5-3-4-6-17(16)13-24)15-23-20(25)14-26-19-9-7-18(22)8-10-19/h3-10H,11-15H2,1-2H3,(H,23,25). The van der Waals surface area contributed by atoms with Crippen LogP contribution >= 0.6 is 11.6 Å². The van der Waals surface area contributed by atoms with Crippen LogP contribution < -0.4 is 10.1 Å². The summed E-state index contributed by atoms with van der Waals surface area (Å²) in [7, 11) is 0. The molecule has 1 aliphatic heterocycles. The van der Waals surface area contributed by atoms with Crippen molar-refractivity contribution >= 4 is 17.5 Å². The van der Waals surface area contributed by atoms with E-state index < -0.39 is 0 Å². The number of benzene rings is 2. The number of hydrogen-bond acceptors (Lipinski definition) is 3. The van der Waals surface area contributed by atoms with Crippen molar-refractivity contribution in [2.24, 2.45) is 0 Å². The van der Waals surface area contributed by atoms with E-state index in [-0.39, 0.29) is 18.1 Å². The fourth-order valence-electron chi connectivity index (χ4n) is 3.17. The molecule has 0 bridgehead atoms. The van der Waals surface area contributed by atoms with Gasteiger partial charge in [0, 0.05) is 30.2 Å². The van der Waals surface area contributed by atoms with Gasteiger partial charge in [0.05, 0.1) is 0 Å². The van der Waals surface area contributed by atoms with Crippen molar-refractivity contribution in [1.82, 2.24) is 10.2 Å². The smallest absolute Gasteiger partial charge is 0.258 e. The molecule has 138 valence electrons. The van der Waals surface area contributed by atoms with Gasteiger partial charge in [0.1, 0.15) is 5.75 Å². The number of halogens is 1. The minimum atomic E-state index is -0.122. The monoisotopic (exact) mass is 372 g/mol. The highest BCUT2D eigenvalue weighted by molar-refractivity contribution is 6.30. The summed E-state index contributed by atoms with van der Waals surface area (Å²) in [6, 6.07) is 15.6. The summed E-state index contributed by atoms with van der Waals surface area (Å²) in [6.07, 6.45) is 1.05. The molecule has 0 spiro atoms. The van der Waals surface area contributed by atoms with Gasteiger partial charge in [0.15, 0.2) is 6.61 Å². The number of rotatable bonds is 6. The SMILES string of the molecule is CC(C)(CNC(=O)COc1ccc(Cl)cc1)N1CCc2ccccc2C1. The van der Waals surface area contributed by atoms with Crippen molar-refractivity contribution < 1.29 is 9.53 Å². The summed E-state index contributed by atoms with van der Waals surface area (Å²) < 4.78 is 5.50. The molecule has 3 rings (SSSR count). The Balaban J connectivity index is 1.48. The van der Waals surface area contributed by atoms with Crippen molar-refractivity contribution in [3.05, 3.63) is 64.7 Å². The average Bonchev–Trinajstić information content (AvgIpc) is 2.65. The topological polar surface area (TPSA) is 41.6 Å². The molecule has 2 aromatic rings. The second-order valence-corrected chi connectivity index (χ2v) is 7.71. The fraction of sp³-hybridized carbons (Fsp3) is 0.381. The molecular weight excluding hydrogens is 348 g/mol. The average molecular weight is 373 g/mol. The molecule has 0 radical (unpaired) electrons. The lowest BCUT2D eigenvalue weighted by Gasteiger charge is -2.41. The molecule has 0 saturated heterocycles. The number of carbonyl (C=O) groups is 1. The van der Waals surface area contributed by atoms with Crippen LogP contribution in [0.4, 0.5) is 0 Å². The molecule has 0 saturated carbocycles. The molecule has 4 nitrogen and oxygen atoms in total. The Morgan fingerprint density at radius 3 is 2.58 bits per heavy atom. The molecule has 0 aliphatic carbocycles. The van der Waals surface area contributed by atoms with Crippen LogP contribution in [0.15, 0.2) is 48.5 Å². The van der Waals surface area contributed by atoms with Crippen molar-refractivity contribution in [1.29, 1.82) is 0 Å². The predicted octanol–water partition coefficient (Wildman–Crippen LogP) is 3.67. The quantitative estimate of drug-likeness (QED) is 0.841. The lowest BCUT2D eigenvalue weighted by Crippen LogP contribution is -2.53. The van der Waals surface area contributed by atoms with E-state index in [9.17, 15) is 4.79 Å². The highest BCUT2D eigenvalue weighted by Crippen LogP contribution is 2.25. The summed E-state index contributed by atoms with van der Waals surface area (Å²) in [5, 5.41) is 3.64. The van der Waals surface area contributed by atoms with E-state index in [1.165, 1.54) is 11.1 Å². The zero-order chi connectivity index (χ0) is 18.6. The Labute approximate surface area is 160 Å². The Bertz CT molecular complexity index is 759. The highest BCUT2D eigenvalue weighted by Gasteiger charge is 2.30. The molecule has 1 amide bonds. The summed E-state index contributed by atoms with van der Waals surface area (Å²) in [4.78, 5) is 14.6. The Morgan fingerprint density at radius 2 is 1.85 bits per heavy atom. The normalized spacial score (nSPS) is 14.6. The molecule has 5 heteroatoms.